The van der Waals surface area contributed by atoms with Gasteiger partial charge in [-0.1, -0.05) is 30.7 Å². The maximum Gasteiger partial charge on any atom is 0.237 e. The number of carbonyl (C=O) groups excluding carboxylic acids is 1. The van der Waals surface area contributed by atoms with Crippen LogP contribution in [0.4, 0.5) is 0 Å². The Morgan fingerprint density at radius 1 is 1.11 bits per heavy atom. The fourth-order valence-corrected chi connectivity index (χ4v) is 3.82. The Morgan fingerprint density at radius 2 is 1.74 bits per heavy atom. The van der Waals surface area contributed by atoms with Crippen molar-refractivity contribution in [3.05, 3.63) is 35.4 Å². The van der Waals surface area contributed by atoms with Crippen molar-refractivity contribution < 1.29 is 9.53 Å². The Morgan fingerprint density at radius 3 is 2.33 bits per heavy atom. The van der Waals surface area contributed by atoms with Crippen LogP contribution in [0.2, 0.25) is 0 Å². The van der Waals surface area contributed by atoms with Crippen LogP contribution in [0.1, 0.15) is 44.2 Å². The van der Waals surface area contributed by atoms with Gasteiger partial charge in [-0.05, 0) is 44.4 Å². The molecule has 2 saturated heterocycles. The van der Waals surface area contributed by atoms with E-state index in [9.17, 15) is 4.79 Å². The number of amides is 1. The van der Waals surface area contributed by atoms with Gasteiger partial charge in [0, 0.05) is 26.2 Å². The van der Waals surface area contributed by atoms with E-state index in [1.807, 2.05) is 0 Å². The highest BCUT2D eigenvalue weighted by Gasteiger charge is 2.22. The van der Waals surface area contributed by atoms with Crippen LogP contribution in [0.3, 0.4) is 0 Å². The number of carbonyl (C=O) groups is 1. The number of benzene rings is 1. The maximum atomic E-state index is 12.2. The van der Waals surface area contributed by atoms with Crippen molar-refractivity contribution in [2.75, 3.05) is 19.6 Å². The number of nitrogens with one attached hydrogen (secondary N) is 2. The molecule has 0 radical (unpaired) electrons. The topological polar surface area (TPSA) is 53.6 Å². The molecule has 1 aromatic rings. The normalized spacial score (nSPS) is 25.8. The average molecular weight is 418 g/mol. The van der Waals surface area contributed by atoms with Gasteiger partial charge in [0.15, 0.2) is 0 Å². The van der Waals surface area contributed by atoms with Gasteiger partial charge in [0.1, 0.15) is 0 Å². The molecule has 2 heterocycles. The summed E-state index contributed by atoms with van der Waals surface area (Å²) < 4.78 is 5.79. The standard InChI is InChI=1S/C20H31N3O2.2ClH/c1-15-12-23(13-16(2)25-15)14-18-8-6-17(7-9-18)11-22-20(24)19-5-3-4-10-21-19;;/h6-9,15-16,19,21H,3-5,10-14H2,1-2H3,(H,22,24);2*1H. The summed E-state index contributed by atoms with van der Waals surface area (Å²) in [6.07, 6.45) is 3.85. The summed E-state index contributed by atoms with van der Waals surface area (Å²) in [4.78, 5) is 14.6. The van der Waals surface area contributed by atoms with Crippen molar-refractivity contribution in [2.24, 2.45) is 0 Å². The smallest absolute Gasteiger partial charge is 0.237 e. The summed E-state index contributed by atoms with van der Waals surface area (Å²) in [7, 11) is 0. The van der Waals surface area contributed by atoms with E-state index in [1.165, 1.54) is 12.0 Å². The van der Waals surface area contributed by atoms with E-state index < -0.39 is 0 Å². The monoisotopic (exact) mass is 417 g/mol. The summed E-state index contributed by atoms with van der Waals surface area (Å²) in [5.74, 6) is 0.125. The van der Waals surface area contributed by atoms with Crippen molar-refractivity contribution in [1.82, 2.24) is 15.5 Å². The molecular formula is C20H33Cl2N3O2. The quantitative estimate of drug-likeness (QED) is 0.772. The molecule has 0 aromatic heterocycles. The van der Waals surface area contributed by atoms with Gasteiger partial charge in [0.05, 0.1) is 18.2 Å². The highest BCUT2D eigenvalue weighted by atomic mass is 35.5. The van der Waals surface area contributed by atoms with Gasteiger partial charge >= 0.3 is 0 Å². The zero-order chi connectivity index (χ0) is 17.6. The summed E-state index contributed by atoms with van der Waals surface area (Å²) in [5.41, 5.74) is 2.46. The molecule has 2 N–H and O–H groups in total. The van der Waals surface area contributed by atoms with Crippen molar-refractivity contribution in [3.63, 3.8) is 0 Å². The van der Waals surface area contributed by atoms with Crippen LogP contribution in [0, 0.1) is 0 Å². The SMILES string of the molecule is CC1CN(Cc2ccc(CNC(=O)C3CCCCN3)cc2)CC(C)O1.Cl.Cl. The molecule has 5 nitrogen and oxygen atoms in total. The lowest BCUT2D eigenvalue weighted by atomic mass is 10.0. The van der Waals surface area contributed by atoms with Crippen LogP contribution in [-0.2, 0) is 22.6 Å². The Bertz CT molecular complexity index is 555. The Kier molecular flexibility index (Phi) is 10.6. The number of hydrogen-bond acceptors (Lipinski definition) is 4. The predicted octanol–water partition coefficient (Wildman–Crippen LogP) is 2.90. The molecule has 1 amide bonds. The third kappa shape index (κ3) is 7.59. The molecule has 3 unspecified atom stereocenters. The molecule has 0 saturated carbocycles. The molecule has 7 heteroatoms. The first-order valence-corrected chi connectivity index (χ1v) is 9.57. The second-order valence-corrected chi connectivity index (χ2v) is 7.49. The molecule has 2 fully saturated rings. The number of rotatable bonds is 5. The third-order valence-electron chi connectivity index (χ3n) is 5.02. The first kappa shape index (κ1) is 24.2. The van der Waals surface area contributed by atoms with E-state index in [0.29, 0.717) is 18.8 Å². The molecule has 2 aliphatic rings. The summed E-state index contributed by atoms with van der Waals surface area (Å²) in [5, 5.41) is 6.34. The maximum absolute atomic E-state index is 12.2. The third-order valence-corrected chi connectivity index (χ3v) is 5.02. The van der Waals surface area contributed by atoms with Crippen LogP contribution in [0.25, 0.3) is 0 Å². The minimum absolute atomic E-state index is 0. The van der Waals surface area contributed by atoms with Crippen molar-refractivity contribution >= 4 is 30.7 Å². The van der Waals surface area contributed by atoms with Gasteiger partial charge in [-0.2, -0.15) is 0 Å². The van der Waals surface area contributed by atoms with Crippen molar-refractivity contribution in [1.29, 1.82) is 0 Å². The zero-order valence-electron chi connectivity index (χ0n) is 16.3. The number of halogens is 2. The molecule has 0 bridgehead atoms. The zero-order valence-corrected chi connectivity index (χ0v) is 17.9. The number of piperidine rings is 1. The van der Waals surface area contributed by atoms with Crippen molar-refractivity contribution in [3.8, 4) is 0 Å². The van der Waals surface area contributed by atoms with Gasteiger partial charge in [0.25, 0.3) is 0 Å². The van der Waals surface area contributed by atoms with Gasteiger partial charge in [0.2, 0.25) is 5.91 Å². The Labute approximate surface area is 175 Å². The number of ether oxygens (including phenoxy) is 1. The minimum Gasteiger partial charge on any atom is -0.373 e. The molecule has 2 aliphatic heterocycles. The van der Waals surface area contributed by atoms with Gasteiger partial charge < -0.3 is 15.4 Å². The highest BCUT2D eigenvalue weighted by Crippen LogP contribution is 2.15. The van der Waals surface area contributed by atoms with E-state index in [1.54, 1.807) is 0 Å². The molecule has 0 spiro atoms. The van der Waals surface area contributed by atoms with E-state index >= 15 is 0 Å². The van der Waals surface area contributed by atoms with Crippen molar-refractivity contribution in [2.45, 2.75) is 64.4 Å². The van der Waals surface area contributed by atoms with Crippen LogP contribution < -0.4 is 10.6 Å². The number of morpholine rings is 1. The van der Waals surface area contributed by atoms with E-state index in [-0.39, 0.29) is 36.8 Å². The Hall–Kier alpha value is -0.850. The number of hydrogen-bond donors (Lipinski definition) is 2. The first-order valence-electron chi connectivity index (χ1n) is 9.57. The van der Waals surface area contributed by atoms with Gasteiger partial charge in [-0.3, -0.25) is 9.69 Å². The van der Waals surface area contributed by atoms with E-state index in [4.69, 9.17) is 4.74 Å². The first-order chi connectivity index (χ1) is 12.1. The highest BCUT2D eigenvalue weighted by molar-refractivity contribution is 5.85. The second kappa shape index (κ2) is 11.9. The lowest BCUT2D eigenvalue weighted by Gasteiger charge is -2.35. The van der Waals surface area contributed by atoms with Crippen LogP contribution >= 0.6 is 24.8 Å². The van der Waals surface area contributed by atoms with Crippen LogP contribution in [-0.4, -0.2) is 48.7 Å². The Balaban J connectivity index is 0.00000182. The lowest BCUT2D eigenvalue weighted by Crippen LogP contribution is -2.46. The van der Waals surface area contributed by atoms with Gasteiger partial charge in [-0.15, -0.1) is 24.8 Å². The van der Waals surface area contributed by atoms with Crippen LogP contribution in [0.15, 0.2) is 24.3 Å². The fraction of sp³-hybridized carbons (Fsp3) is 0.650. The molecule has 3 atom stereocenters. The van der Waals surface area contributed by atoms with Crippen LogP contribution in [0.5, 0.6) is 0 Å². The molecule has 154 valence electrons. The lowest BCUT2D eigenvalue weighted by molar-refractivity contribution is -0.123. The molecule has 1 aromatic carbocycles. The minimum atomic E-state index is -0.0154. The summed E-state index contributed by atoms with van der Waals surface area (Å²) >= 11 is 0. The predicted molar refractivity (Wildman–Crippen MR) is 114 cm³/mol. The summed E-state index contributed by atoms with van der Waals surface area (Å²) in [6, 6.07) is 8.57. The second-order valence-electron chi connectivity index (χ2n) is 7.49. The summed E-state index contributed by atoms with van der Waals surface area (Å²) in [6.45, 7) is 8.74. The van der Waals surface area contributed by atoms with E-state index in [2.05, 4.69) is 53.6 Å². The number of nitrogens with zero attached hydrogens (tertiary/aromatic N) is 1. The largest absolute Gasteiger partial charge is 0.373 e. The molecule has 3 rings (SSSR count). The molecular weight excluding hydrogens is 385 g/mol. The molecule has 0 aliphatic carbocycles. The fourth-order valence-electron chi connectivity index (χ4n) is 3.82. The molecule has 27 heavy (non-hydrogen) atoms. The van der Waals surface area contributed by atoms with Gasteiger partial charge in [-0.25, -0.2) is 0 Å². The average Bonchev–Trinajstić information content (AvgIpc) is 2.61. The van der Waals surface area contributed by atoms with E-state index in [0.717, 1.165) is 44.6 Å².